The molecule has 0 aliphatic rings. The van der Waals surface area contributed by atoms with Gasteiger partial charge in [-0.1, -0.05) is 36.4 Å². The number of carboxylic acids is 1. The molecule has 0 amide bonds. The molecule has 2 aromatic carbocycles. The van der Waals surface area contributed by atoms with Crippen LogP contribution in [0.15, 0.2) is 55.0 Å². The lowest BCUT2D eigenvalue weighted by molar-refractivity contribution is -0.136. The number of benzene rings is 2. The molecule has 5 heteroatoms. The van der Waals surface area contributed by atoms with E-state index < -0.39 is 5.97 Å². The first-order valence-corrected chi connectivity index (χ1v) is 8.51. The summed E-state index contributed by atoms with van der Waals surface area (Å²) >= 11 is 0. The first kappa shape index (κ1) is 17.6. The molecule has 1 heterocycles. The van der Waals surface area contributed by atoms with Gasteiger partial charge < -0.3 is 10.4 Å². The van der Waals surface area contributed by atoms with Gasteiger partial charge in [-0.15, -0.1) is 0 Å². The summed E-state index contributed by atoms with van der Waals surface area (Å²) in [7, 11) is 0. The third-order valence-electron chi connectivity index (χ3n) is 4.34. The van der Waals surface area contributed by atoms with Crippen LogP contribution in [0.25, 0.3) is 22.0 Å². The van der Waals surface area contributed by atoms with Gasteiger partial charge in [-0.05, 0) is 54.8 Å². The second-order valence-electron chi connectivity index (χ2n) is 6.20. The Balaban J connectivity index is 1.99. The Labute approximate surface area is 152 Å². The third kappa shape index (κ3) is 3.88. The Kier molecular flexibility index (Phi) is 5.27. The molecule has 0 spiro atoms. The maximum atomic E-state index is 10.6. The van der Waals surface area contributed by atoms with Gasteiger partial charge in [-0.3, -0.25) is 4.79 Å². The molecule has 2 N–H and O–H groups in total. The number of aliphatic carboxylic acids is 1. The zero-order valence-electron chi connectivity index (χ0n) is 14.9. The van der Waals surface area contributed by atoms with Gasteiger partial charge in [-0.2, -0.15) is 0 Å². The Morgan fingerprint density at radius 1 is 1.15 bits per heavy atom. The van der Waals surface area contributed by atoms with Crippen LogP contribution in [0.2, 0.25) is 0 Å². The molecule has 0 saturated heterocycles. The summed E-state index contributed by atoms with van der Waals surface area (Å²) in [5.74, 6) is -0.102. The minimum atomic E-state index is -0.806. The predicted molar refractivity (Wildman–Crippen MR) is 104 cm³/mol. The van der Waals surface area contributed by atoms with Gasteiger partial charge in [-0.25, -0.2) is 9.97 Å². The normalized spacial score (nSPS) is 11.2. The van der Waals surface area contributed by atoms with Gasteiger partial charge in [0, 0.05) is 6.42 Å². The summed E-state index contributed by atoms with van der Waals surface area (Å²) in [4.78, 5) is 19.3. The number of aryl methyl sites for hydroxylation is 2. The number of carboxylic acid groups (broad SMARTS) is 1. The summed E-state index contributed by atoms with van der Waals surface area (Å²) in [6.45, 7) is 4.20. The van der Waals surface area contributed by atoms with Crippen LogP contribution in [-0.4, -0.2) is 21.0 Å². The predicted octanol–water partition coefficient (Wildman–Crippen LogP) is 4.70. The molecule has 0 atom stereocenters. The summed E-state index contributed by atoms with van der Waals surface area (Å²) in [6.07, 6.45) is 5.63. The van der Waals surface area contributed by atoms with Crippen LogP contribution in [0.3, 0.4) is 0 Å². The van der Waals surface area contributed by atoms with Gasteiger partial charge in [0.15, 0.2) is 0 Å². The van der Waals surface area contributed by atoms with E-state index in [4.69, 9.17) is 5.11 Å². The lowest BCUT2D eigenvalue weighted by atomic mass is 9.97. The van der Waals surface area contributed by atoms with Crippen LogP contribution < -0.4 is 5.32 Å². The van der Waals surface area contributed by atoms with Crippen LogP contribution in [0, 0.1) is 13.8 Å². The van der Waals surface area contributed by atoms with Gasteiger partial charge >= 0.3 is 5.97 Å². The Hall–Kier alpha value is -3.21. The standard InChI is InChI=1S/C21H21N3O2/c1-14-9-10-16(12-15(14)2)17-6-5-7-18-20(17)21(24-13-23-18)22-11-4-3-8-19(25)26/h4-7,9-13H,3,8H2,1-2H3,(H,25,26)(H,22,23,24)/b11-4+. The molecule has 5 nitrogen and oxygen atoms in total. The number of rotatable bonds is 6. The van der Waals surface area contributed by atoms with Crippen molar-refractivity contribution < 1.29 is 9.90 Å². The van der Waals surface area contributed by atoms with E-state index in [1.54, 1.807) is 12.3 Å². The molecule has 26 heavy (non-hydrogen) atoms. The molecule has 0 radical (unpaired) electrons. The van der Waals surface area contributed by atoms with E-state index in [1.807, 2.05) is 12.1 Å². The molecule has 3 aromatic rings. The Morgan fingerprint density at radius 3 is 2.77 bits per heavy atom. The van der Waals surface area contributed by atoms with Crippen molar-refractivity contribution in [3.05, 3.63) is 66.1 Å². The molecule has 0 aliphatic heterocycles. The largest absolute Gasteiger partial charge is 0.481 e. The highest BCUT2D eigenvalue weighted by atomic mass is 16.4. The number of carbonyl (C=O) groups is 1. The van der Waals surface area contributed by atoms with E-state index in [-0.39, 0.29) is 6.42 Å². The van der Waals surface area contributed by atoms with Crippen molar-refractivity contribution >= 4 is 22.7 Å². The molecule has 0 bridgehead atoms. The van der Waals surface area contributed by atoms with Crippen LogP contribution in [-0.2, 0) is 4.79 Å². The number of hydrogen-bond donors (Lipinski definition) is 2. The monoisotopic (exact) mass is 347 g/mol. The number of hydrogen-bond acceptors (Lipinski definition) is 4. The molecule has 0 aliphatic carbocycles. The van der Waals surface area contributed by atoms with Crippen molar-refractivity contribution in [1.29, 1.82) is 0 Å². The van der Waals surface area contributed by atoms with E-state index in [0.29, 0.717) is 12.2 Å². The van der Waals surface area contributed by atoms with E-state index >= 15 is 0 Å². The van der Waals surface area contributed by atoms with Crippen LogP contribution in [0.5, 0.6) is 0 Å². The zero-order chi connectivity index (χ0) is 18.5. The smallest absolute Gasteiger partial charge is 0.303 e. The summed E-state index contributed by atoms with van der Waals surface area (Å²) in [5, 5.41) is 12.8. The van der Waals surface area contributed by atoms with Crippen LogP contribution in [0.4, 0.5) is 5.82 Å². The Bertz CT molecular complexity index is 975. The number of allylic oxidation sites excluding steroid dienone is 1. The van der Waals surface area contributed by atoms with Crippen molar-refractivity contribution in [2.45, 2.75) is 26.7 Å². The topological polar surface area (TPSA) is 75.1 Å². The van der Waals surface area contributed by atoms with Gasteiger partial charge in [0.1, 0.15) is 12.1 Å². The SMILES string of the molecule is Cc1ccc(-c2cccc3ncnc(N/C=C/CCC(=O)O)c23)cc1C. The molecule has 0 saturated carbocycles. The highest BCUT2D eigenvalue weighted by Crippen LogP contribution is 2.32. The fourth-order valence-electron chi connectivity index (χ4n) is 2.80. The molecule has 0 fully saturated rings. The Morgan fingerprint density at radius 2 is 2.00 bits per heavy atom. The van der Waals surface area contributed by atoms with E-state index in [9.17, 15) is 4.79 Å². The van der Waals surface area contributed by atoms with E-state index in [2.05, 4.69) is 53.4 Å². The van der Waals surface area contributed by atoms with E-state index in [1.165, 1.54) is 17.5 Å². The number of anilines is 1. The molecule has 3 rings (SSSR count). The first-order chi connectivity index (χ1) is 12.6. The lowest BCUT2D eigenvalue weighted by Gasteiger charge is -2.11. The molecule has 0 unspecified atom stereocenters. The number of nitrogens with zero attached hydrogens (tertiary/aromatic N) is 2. The maximum Gasteiger partial charge on any atom is 0.303 e. The lowest BCUT2D eigenvalue weighted by Crippen LogP contribution is -1.97. The minimum absolute atomic E-state index is 0.108. The van der Waals surface area contributed by atoms with Crippen LogP contribution >= 0.6 is 0 Å². The number of aromatic nitrogens is 2. The molecule has 132 valence electrons. The van der Waals surface area contributed by atoms with Crippen molar-refractivity contribution in [1.82, 2.24) is 9.97 Å². The van der Waals surface area contributed by atoms with Crippen molar-refractivity contribution in [2.75, 3.05) is 5.32 Å². The average molecular weight is 347 g/mol. The summed E-state index contributed by atoms with van der Waals surface area (Å²) in [5.41, 5.74) is 5.53. The third-order valence-corrected chi connectivity index (χ3v) is 4.34. The highest BCUT2D eigenvalue weighted by Gasteiger charge is 2.10. The highest BCUT2D eigenvalue weighted by molar-refractivity contribution is 6.01. The van der Waals surface area contributed by atoms with Gasteiger partial charge in [0.05, 0.1) is 10.9 Å². The fourth-order valence-corrected chi connectivity index (χ4v) is 2.80. The van der Waals surface area contributed by atoms with Crippen LogP contribution in [0.1, 0.15) is 24.0 Å². The summed E-state index contributed by atoms with van der Waals surface area (Å²) in [6, 6.07) is 12.4. The maximum absolute atomic E-state index is 10.6. The molecular formula is C21H21N3O2. The first-order valence-electron chi connectivity index (χ1n) is 8.51. The molecule has 1 aromatic heterocycles. The quantitative estimate of drug-likeness (QED) is 0.676. The van der Waals surface area contributed by atoms with Gasteiger partial charge in [0.2, 0.25) is 0 Å². The average Bonchev–Trinajstić information content (AvgIpc) is 2.63. The van der Waals surface area contributed by atoms with Crippen molar-refractivity contribution in [2.24, 2.45) is 0 Å². The number of fused-ring (bicyclic) bond motifs is 1. The molecular weight excluding hydrogens is 326 g/mol. The van der Waals surface area contributed by atoms with Gasteiger partial charge in [0.25, 0.3) is 0 Å². The summed E-state index contributed by atoms with van der Waals surface area (Å²) < 4.78 is 0. The number of nitrogens with one attached hydrogen (secondary N) is 1. The zero-order valence-corrected chi connectivity index (χ0v) is 14.9. The van der Waals surface area contributed by atoms with E-state index in [0.717, 1.165) is 22.0 Å². The fraction of sp³-hybridized carbons (Fsp3) is 0.190. The minimum Gasteiger partial charge on any atom is -0.481 e. The second kappa shape index (κ2) is 7.78. The van der Waals surface area contributed by atoms with Crippen molar-refractivity contribution in [3.63, 3.8) is 0 Å². The second-order valence-corrected chi connectivity index (χ2v) is 6.20. The van der Waals surface area contributed by atoms with Crippen molar-refractivity contribution in [3.8, 4) is 11.1 Å².